The van der Waals surface area contributed by atoms with E-state index in [-0.39, 0.29) is 11.2 Å². The minimum Gasteiger partial charge on any atom is -0.330 e. The van der Waals surface area contributed by atoms with E-state index in [0.29, 0.717) is 13.1 Å². The second-order valence-corrected chi connectivity index (χ2v) is 9.33. The van der Waals surface area contributed by atoms with Crippen LogP contribution >= 0.6 is 0 Å². The van der Waals surface area contributed by atoms with Crippen LogP contribution in [0.25, 0.3) is 0 Å². The Morgan fingerprint density at radius 2 is 1.94 bits per heavy atom. The second kappa shape index (κ2) is 4.86. The van der Waals surface area contributed by atoms with E-state index in [1.165, 1.54) is 0 Å². The molecule has 17 heavy (non-hydrogen) atoms. The van der Waals surface area contributed by atoms with Crippen molar-refractivity contribution in [2.75, 3.05) is 31.9 Å². The van der Waals surface area contributed by atoms with Crippen molar-refractivity contribution in [3.63, 3.8) is 0 Å². The zero-order chi connectivity index (χ0) is 13.3. The van der Waals surface area contributed by atoms with Gasteiger partial charge in [0.2, 0.25) is 0 Å². The number of hydrogen-bond donors (Lipinski definition) is 1. The summed E-state index contributed by atoms with van der Waals surface area (Å²) in [5.74, 6) is 0.247. The smallest absolute Gasteiger partial charge is 0.156 e. The van der Waals surface area contributed by atoms with Gasteiger partial charge in [-0.25, -0.2) is 8.42 Å². The summed E-state index contributed by atoms with van der Waals surface area (Å²) in [6, 6.07) is 0. The van der Waals surface area contributed by atoms with Gasteiger partial charge in [0.25, 0.3) is 0 Å². The number of sulfone groups is 1. The summed E-state index contributed by atoms with van der Waals surface area (Å²) < 4.78 is 23.3. The van der Waals surface area contributed by atoms with Crippen molar-refractivity contribution < 1.29 is 8.42 Å². The quantitative estimate of drug-likeness (QED) is 0.816. The van der Waals surface area contributed by atoms with Gasteiger partial charge in [0.05, 0.1) is 10.5 Å². The van der Waals surface area contributed by atoms with E-state index in [0.717, 1.165) is 19.5 Å². The molecule has 102 valence electrons. The SMILES string of the molecule is CC1(CN)CCN(CCS(=O)(=O)C(C)(C)C)C1. The van der Waals surface area contributed by atoms with Crippen LogP contribution in [-0.2, 0) is 9.84 Å². The lowest BCUT2D eigenvalue weighted by Gasteiger charge is -2.24. The van der Waals surface area contributed by atoms with Gasteiger partial charge in [0.15, 0.2) is 9.84 Å². The molecule has 1 heterocycles. The van der Waals surface area contributed by atoms with E-state index in [4.69, 9.17) is 5.73 Å². The molecule has 0 aliphatic carbocycles. The first-order valence-electron chi connectivity index (χ1n) is 6.24. The molecule has 1 saturated heterocycles. The lowest BCUT2D eigenvalue weighted by Crippen LogP contribution is -2.37. The molecule has 0 aromatic carbocycles. The average Bonchev–Trinajstić information content (AvgIpc) is 2.57. The first-order valence-corrected chi connectivity index (χ1v) is 7.90. The molecule has 4 nitrogen and oxygen atoms in total. The van der Waals surface area contributed by atoms with Gasteiger partial charge in [0.1, 0.15) is 0 Å². The Labute approximate surface area is 105 Å². The molecule has 1 rings (SSSR count). The summed E-state index contributed by atoms with van der Waals surface area (Å²) in [6.45, 7) is 10.6. The standard InChI is InChI=1S/C12H26N2O2S/c1-11(2,3)17(15,16)8-7-14-6-5-12(4,9-13)10-14/h5-10,13H2,1-4H3. The fourth-order valence-corrected chi connectivity index (χ4v) is 3.15. The highest BCUT2D eigenvalue weighted by molar-refractivity contribution is 7.92. The monoisotopic (exact) mass is 262 g/mol. The number of nitrogens with two attached hydrogens (primary N) is 1. The molecule has 2 N–H and O–H groups in total. The summed E-state index contributed by atoms with van der Waals surface area (Å²) in [7, 11) is -3.00. The topological polar surface area (TPSA) is 63.4 Å². The van der Waals surface area contributed by atoms with Gasteiger partial charge in [-0.05, 0) is 45.7 Å². The van der Waals surface area contributed by atoms with Gasteiger partial charge in [-0.2, -0.15) is 0 Å². The normalized spacial score (nSPS) is 27.6. The lowest BCUT2D eigenvalue weighted by molar-refractivity contribution is 0.291. The van der Waals surface area contributed by atoms with E-state index >= 15 is 0 Å². The molecule has 1 unspecified atom stereocenters. The maximum absolute atomic E-state index is 12.0. The minimum atomic E-state index is -3.00. The zero-order valence-electron chi connectivity index (χ0n) is 11.5. The molecule has 0 bridgehead atoms. The van der Waals surface area contributed by atoms with E-state index in [1.54, 1.807) is 20.8 Å². The van der Waals surface area contributed by atoms with Crippen molar-refractivity contribution in [2.24, 2.45) is 11.1 Å². The number of likely N-dealkylation sites (tertiary alicyclic amines) is 1. The Morgan fingerprint density at radius 3 is 2.35 bits per heavy atom. The summed E-state index contributed by atoms with van der Waals surface area (Å²) in [6.07, 6.45) is 1.07. The third kappa shape index (κ3) is 3.66. The van der Waals surface area contributed by atoms with Crippen molar-refractivity contribution in [1.82, 2.24) is 4.90 Å². The van der Waals surface area contributed by atoms with Crippen LogP contribution in [0.4, 0.5) is 0 Å². The lowest BCUT2D eigenvalue weighted by atomic mass is 9.90. The van der Waals surface area contributed by atoms with Crippen LogP contribution in [0, 0.1) is 5.41 Å². The first kappa shape index (κ1) is 14.9. The fraction of sp³-hybridized carbons (Fsp3) is 1.00. The average molecular weight is 262 g/mol. The predicted molar refractivity (Wildman–Crippen MR) is 71.8 cm³/mol. The van der Waals surface area contributed by atoms with Crippen molar-refractivity contribution in [1.29, 1.82) is 0 Å². The van der Waals surface area contributed by atoms with E-state index < -0.39 is 14.6 Å². The Bertz CT molecular complexity index is 359. The maximum atomic E-state index is 12.0. The third-order valence-corrected chi connectivity index (χ3v) is 6.33. The predicted octanol–water partition coefficient (Wildman–Crippen LogP) is 0.870. The minimum absolute atomic E-state index is 0.172. The molecule has 1 atom stereocenters. The van der Waals surface area contributed by atoms with Crippen LogP contribution in [0.5, 0.6) is 0 Å². The second-order valence-electron chi connectivity index (χ2n) is 6.47. The van der Waals surface area contributed by atoms with Gasteiger partial charge in [0, 0.05) is 13.1 Å². The van der Waals surface area contributed by atoms with E-state index in [9.17, 15) is 8.42 Å². The van der Waals surface area contributed by atoms with Crippen LogP contribution in [-0.4, -0.2) is 50.0 Å². The Morgan fingerprint density at radius 1 is 1.35 bits per heavy atom. The van der Waals surface area contributed by atoms with Crippen LogP contribution < -0.4 is 5.73 Å². The summed E-state index contributed by atoms with van der Waals surface area (Å²) >= 11 is 0. The molecule has 0 aromatic rings. The van der Waals surface area contributed by atoms with Crippen molar-refractivity contribution in [2.45, 2.75) is 38.9 Å². The van der Waals surface area contributed by atoms with Gasteiger partial charge in [-0.15, -0.1) is 0 Å². The number of rotatable bonds is 4. The third-order valence-electron chi connectivity index (χ3n) is 3.74. The van der Waals surface area contributed by atoms with E-state index in [1.807, 2.05) is 0 Å². The molecule has 0 saturated carbocycles. The van der Waals surface area contributed by atoms with Gasteiger partial charge >= 0.3 is 0 Å². The van der Waals surface area contributed by atoms with Crippen LogP contribution in [0.1, 0.15) is 34.1 Å². The molecule has 0 radical (unpaired) electrons. The summed E-state index contributed by atoms with van der Waals surface area (Å²) in [4.78, 5) is 2.22. The van der Waals surface area contributed by atoms with Crippen LogP contribution in [0.15, 0.2) is 0 Å². The number of hydrogen-bond acceptors (Lipinski definition) is 4. The van der Waals surface area contributed by atoms with E-state index in [2.05, 4.69) is 11.8 Å². The van der Waals surface area contributed by atoms with Crippen LogP contribution in [0.2, 0.25) is 0 Å². The fourth-order valence-electron chi connectivity index (χ4n) is 2.04. The molecular formula is C12H26N2O2S. The largest absolute Gasteiger partial charge is 0.330 e. The molecule has 5 heteroatoms. The van der Waals surface area contributed by atoms with Crippen LogP contribution in [0.3, 0.4) is 0 Å². The molecule has 1 aliphatic heterocycles. The molecule has 0 aromatic heterocycles. The molecule has 1 fully saturated rings. The first-order chi connectivity index (χ1) is 7.60. The summed E-state index contributed by atoms with van der Waals surface area (Å²) in [5.41, 5.74) is 5.91. The molecule has 0 amide bonds. The Kier molecular flexibility index (Phi) is 4.27. The van der Waals surface area contributed by atoms with Crippen molar-refractivity contribution in [3.8, 4) is 0 Å². The molecular weight excluding hydrogens is 236 g/mol. The van der Waals surface area contributed by atoms with Gasteiger partial charge < -0.3 is 10.6 Å². The Hall–Kier alpha value is -0.130. The highest BCUT2D eigenvalue weighted by Gasteiger charge is 2.34. The highest BCUT2D eigenvalue weighted by atomic mass is 32.2. The summed E-state index contributed by atoms with van der Waals surface area (Å²) in [5, 5.41) is 0. The molecule has 0 spiro atoms. The van der Waals surface area contributed by atoms with Gasteiger partial charge in [-0.1, -0.05) is 6.92 Å². The highest BCUT2D eigenvalue weighted by Crippen LogP contribution is 2.28. The van der Waals surface area contributed by atoms with Crippen molar-refractivity contribution in [3.05, 3.63) is 0 Å². The van der Waals surface area contributed by atoms with Gasteiger partial charge in [-0.3, -0.25) is 0 Å². The molecule has 1 aliphatic rings. The maximum Gasteiger partial charge on any atom is 0.156 e. The number of nitrogens with zero attached hydrogens (tertiary/aromatic N) is 1. The Balaban J connectivity index is 2.49. The van der Waals surface area contributed by atoms with Crippen molar-refractivity contribution >= 4 is 9.84 Å². The zero-order valence-corrected chi connectivity index (χ0v) is 12.3.